The third kappa shape index (κ3) is 2.18. The predicted molar refractivity (Wildman–Crippen MR) is 62.5 cm³/mol. The van der Waals surface area contributed by atoms with Crippen LogP contribution in [0.4, 0.5) is 5.82 Å². The van der Waals surface area contributed by atoms with E-state index in [1.54, 1.807) is 0 Å². The summed E-state index contributed by atoms with van der Waals surface area (Å²) in [7, 11) is 0. The Bertz CT molecular complexity index is 375. The molecule has 0 unspecified atom stereocenters. The van der Waals surface area contributed by atoms with Crippen molar-refractivity contribution in [3.05, 3.63) is 16.5 Å². The lowest BCUT2D eigenvalue weighted by molar-refractivity contribution is 0.510. The van der Waals surface area contributed by atoms with Crippen molar-refractivity contribution in [3.8, 4) is 0 Å². The van der Waals surface area contributed by atoms with Gasteiger partial charge in [-0.05, 0) is 30.4 Å². The van der Waals surface area contributed by atoms with Crippen LogP contribution in [0, 0.1) is 5.92 Å². The Balaban J connectivity index is 2.21. The zero-order valence-corrected chi connectivity index (χ0v) is 10.2. The third-order valence-electron chi connectivity index (χ3n) is 2.98. The maximum Gasteiger partial charge on any atom is 0.224 e. The van der Waals surface area contributed by atoms with Crippen molar-refractivity contribution >= 4 is 29.0 Å². The summed E-state index contributed by atoms with van der Waals surface area (Å²) in [5.41, 5.74) is 0.154. The fourth-order valence-corrected chi connectivity index (χ4v) is 1.92. The van der Waals surface area contributed by atoms with E-state index in [-0.39, 0.29) is 10.8 Å². The van der Waals surface area contributed by atoms with Crippen LogP contribution in [0.25, 0.3) is 0 Å². The molecule has 3 nitrogen and oxygen atoms in total. The van der Waals surface area contributed by atoms with Crippen LogP contribution in [-0.2, 0) is 0 Å². The predicted octanol–water partition coefficient (Wildman–Crippen LogP) is 3.38. The smallest absolute Gasteiger partial charge is 0.224 e. The van der Waals surface area contributed by atoms with Gasteiger partial charge < -0.3 is 5.32 Å². The van der Waals surface area contributed by atoms with Gasteiger partial charge in [0.2, 0.25) is 5.28 Å². The van der Waals surface area contributed by atoms with Gasteiger partial charge >= 0.3 is 0 Å². The first-order valence-electron chi connectivity index (χ1n) is 5.00. The van der Waals surface area contributed by atoms with Gasteiger partial charge in [0.15, 0.2) is 0 Å². The molecule has 2 rings (SSSR count). The fourth-order valence-electron chi connectivity index (χ4n) is 1.65. The highest BCUT2D eigenvalue weighted by atomic mass is 35.5. The van der Waals surface area contributed by atoms with E-state index in [1.807, 2.05) is 0 Å². The number of aromatic nitrogens is 2. The van der Waals surface area contributed by atoms with Gasteiger partial charge in [-0.3, -0.25) is 0 Å². The monoisotopic (exact) mass is 245 g/mol. The largest absolute Gasteiger partial charge is 0.363 e. The quantitative estimate of drug-likeness (QED) is 0.830. The Morgan fingerprint density at radius 3 is 2.60 bits per heavy atom. The Hall–Kier alpha value is -0.540. The molecule has 0 aliphatic heterocycles. The number of anilines is 1. The molecule has 0 aromatic carbocycles. The zero-order chi connectivity index (χ0) is 11.1. The van der Waals surface area contributed by atoms with Crippen LogP contribution >= 0.6 is 23.2 Å². The van der Waals surface area contributed by atoms with Crippen LogP contribution < -0.4 is 5.32 Å². The highest BCUT2D eigenvalue weighted by Crippen LogP contribution is 2.45. The second kappa shape index (κ2) is 3.80. The lowest BCUT2D eigenvalue weighted by atomic mass is 10.0. The van der Waals surface area contributed by atoms with Gasteiger partial charge in [0.05, 0.1) is 6.20 Å². The van der Waals surface area contributed by atoms with Crippen LogP contribution in [0.5, 0.6) is 0 Å². The molecule has 1 aromatic heterocycles. The SMILES string of the molecule is CC(C)C1(Nc2nc(Cl)ncc2Cl)CC1. The maximum atomic E-state index is 5.99. The summed E-state index contributed by atoms with van der Waals surface area (Å²) >= 11 is 11.7. The van der Waals surface area contributed by atoms with Crippen LogP contribution in [0.3, 0.4) is 0 Å². The molecule has 1 fully saturated rings. The van der Waals surface area contributed by atoms with Gasteiger partial charge in [-0.25, -0.2) is 4.98 Å². The molecule has 1 saturated carbocycles. The van der Waals surface area contributed by atoms with Gasteiger partial charge in [-0.1, -0.05) is 25.4 Å². The molecular weight excluding hydrogens is 233 g/mol. The highest BCUT2D eigenvalue weighted by Gasteiger charge is 2.45. The van der Waals surface area contributed by atoms with E-state index in [4.69, 9.17) is 23.2 Å². The maximum absolute atomic E-state index is 5.99. The molecule has 1 aromatic rings. The first-order valence-corrected chi connectivity index (χ1v) is 5.75. The molecule has 0 radical (unpaired) electrons. The normalized spacial score (nSPS) is 17.9. The molecule has 0 spiro atoms. The van der Waals surface area contributed by atoms with Gasteiger partial charge in [-0.15, -0.1) is 0 Å². The Labute approximate surface area is 99.2 Å². The standard InChI is InChI=1S/C10H13Cl2N3/c1-6(2)10(3-4-10)15-8-7(11)5-13-9(12)14-8/h5-6H,3-4H2,1-2H3,(H,13,14,15). The molecule has 0 amide bonds. The van der Waals surface area contributed by atoms with Gasteiger partial charge in [0, 0.05) is 5.54 Å². The average Bonchev–Trinajstić information content (AvgIpc) is 2.92. The Morgan fingerprint density at radius 2 is 2.07 bits per heavy atom. The number of hydrogen-bond donors (Lipinski definition) is 1. The molecule has 82 valence electrons. The molecule has 1 aliphatic rings. The lowest BCUT2D eigenvalue weighted by Crippen LogP contribution is -2.28. The van der Waals surface area contributed by atoms with E-state index in [1.165, 1.54) is 6.20 Å². The summed E-state index contributed by atoms with van der Waals surface area (Å²) in [4.78, 5) is 7.91. The van der Waals surface area contributed by atoms with Crippen LogP contribution in [0.2, 0.25) is 10.3 Å². The summed E-state index contributed by atoms with van der Waals surface area (Å²) in [6.45, 7) is 4.38. The van der Waals surface area contributed by atoms with E-state index >= 15 is 0 Å². The van der Waals surface area contributed by atoms with Crippen LogP contribution in [0.1, 0.15) is 26.7 Å². The van der Waals surface area contributed by atoms with Crippen molar-refractivity contribution in [2.24, 2.45) is 5.92 Å². The fraction of sp³-hybridized carbons (Fsp3) is 0.600. The first-order chi connectivity index (χ1) is 7.03. The second-order valence-corrected chi connectivity index (χ2v) is 5.02. The van der Waals surface area contributed by atoms with E-state index in [2.05, 4.69) is 29.1 Å². The van der Waals surface area contributed by atoms with Gasteiger partial charge in [-0.2, -0.15) is 4.98 Å². The second-order valence-electron chi connectivity index (χ2n) is 4.27. The zero-order valence-electron chi connectivity index (χ0n) is 8.72. The number of nitrogens with zero attached hydrogens (tertiary/aromatic N) is 2. The third-order valence-corrected chi connectivity index (χ3v) is 3.43. The van der Waals surface area contributed by atoms with Crippen LogP contribution in [0.15, 0.2) is 6.20 Å². The lowest BCUT2D eigenvalue weighted by Gasteiger charge is -2.22. The van der Waals surface area contributed by atoms with Crippen molar-refractivity contribution < 1.29 is 0 Å². The summed E-state index contributed by atoms with van der Waals surface area (Å²) in [5, 5.41) is 4.11. The molecule has 0 bridgehead atoms. The molecule has 1 N–H and O–H groups in total. The highest BCUT2D eigenvalue weighted by molar-refractivity contribution is 6.33. The Kier molecular flexibility index (Phi) is 2.77. The van der Waals surface area contributed by atoms with Gasteiger partial charge in [0.25, 0.3) is 0 Å². The van der Waals surface area contributed by atoms with Gasteiger partial charge in [0.1, 0.15) is 10.8 Å². The van der Waals surface area contributed by atoms with Crippen molar-refractivity contribution in [3.63, 3.8) is 0 Å². The number of hydrogen-bond acceptors (Lipinski definition) is 3. The minimum atomic E-state index is 0.154. The molecule has 1 heterocycles. The molecule has 0 saturated heterocycles. The molecular formula is C10H13Cl2N3. The molecule has 15 heavy (non-hydrogen) atoms. The van der Waals surface area contributed by atoms with Crippen molar-refractivity contribution in [2.45, 2.75) is 32.2 Å². The van der Waals surface area contributed by atoms with Crippen molar-refractivity contribution in [1.29, 1.82) is 0 Å². The number of rotatable bonds is 3. The average molecular weight is 246 g/mol. The molecule has 5 heteroatoms. The number of halogens is 2. The summed E-state index contributed by atoms with van der Waals surface area (Å²) in [6.07, 6.45) is 3.83. The van der Waals surface area contributed by atoms with E-state index < -0.39 is 0 Å². The van der Waals surface area contributed by atoms with E-state index in [9.17, 15) is 0 Å². The summed E-state index contributed by atoms with van der Waals surface area (Å²) in [6, 6.07) is 0. The number of nitrogens with one attached hydrogen (secondary N) is 1. The first kappa shape index (κ1) is 11.0. The van der Waals surface area contributed by atoms with Crippen molar-refractivity contribution in [1.82, 2.24) is 9.97 Å². The topological polar surface area (TPSA) is 37.8 Å². The van der Waals surface area contributed by atoms with E-state index in [0.717, 1.165) is 12.8 Å². The van der Waals surface area contributed by atoms with Crippen LogP contribution in [-0.4, -0.2) is 15.5 Å². The minimum absolute atomic E-state index is 0.154. The van der Waals surface area contributed by atoms with Crippen molar-refractivity contribution in [2.75, 3.05) is 5.32 Å². The summed E-state index contributed by atoms with van der Waals surface area (Å²) in [5.74, 6) is 1.20. The molecule has 1 aliphatic carbocycles. The Morgan fingerprint density at radius 1 is 1.40 bits per heavy atom. The van der Waals surface area contributed by atoms with E-state index in [0.29, 0.717) is 16.8 Å². The summed E-state index contributed by atoms with van der Waals surface area (Å²) < 4.78 is 0. The minimum Gasteiger partial charge on any atom is -0.363 e. The molecule has 0 atom stereocenters.